The van der Waals surface area contributed by atoms with E-state index in [0.29, 0.717) is 11.4 Å². The van der Waals surface area contributed by atoms with Crippen LogP contribution in [0.4, 0.5) is 0 Å². The molecule has 0 atom stereocenters. The molecule has 4 heteroatoms. The molecule has 1 aromatic heterocycles. The van der Waals surface area contributed by atoms with Crippen molar-refractivity contribution in [3.05, 3.63) is 29.1 Å². The molecule has 0 saturated carbocycles. The summed E-state index contributed by atoms with van der Waals surface area (Å²) in [5.74, 6) is -0.356. The molecule has 0 aliphatic carbocycles. The standard InChI is InChI=1S/C10H10N2O2/c1-7-3-4-8(5-10(13)14-2)12-9(7)6-11/h3-4H,5H2,1-2H3. The van der Waals surface area contributed by atoms with Gasteiger partial charge in [-0.1, -0.05) is 6.07 Å². The Balaban J connectivity index is 2.91. The third-order valence-corrected chi connectivity index (χ3v) is 1.81. The molecular formula is C10H10N2O2. The summed E-state index contributed by atoms with van der Waals surface area (Å²) in [6, 6.07) is 5.45. The SMILES string of the molecule is COC(=O)Cc1ccc(C)c(C#N)n1. The molecule has 0 bridgehead atoms. The molecule has 0 aromatic carbocycles. The van der Waals surface area contributed by atoms with Gasteiger partial charge < -0.3 is 4.74 Å². The van der Waals surface area contributed by atoms with Crippen LogP contribution >= 0.6 is 0 Å². The van der Waals surface area contributed by atoms with Gasteiger partial charge in [-0.05, 0) is 18.6 Å². The Labute approximate surface area is 82.1 Å². The average molecular weight is 190 g/mol. The van der Waals surface area contributed by atoms with Crippen LogP contribution < -0.4 is 0 Å². The lowest BCUT2D eigenvalue weighted by molar-refractivity contribution is -0.139. The number of carbonyl (C=O) groups is 1. The predicted molar refractivity (Wildman–Crippen MR) is 49.4 cm³/mol. The molecule has 1 rings (SSSR count). The summed E-state index contributed by atoms with van der Waals surface area (Å²) in [7, 11) is 1.32. The largest absolute Gasteiger partial charge is 0.469 e. The number of hydrogen-bond acceptors (Lipinski definition) is 4. The Kier molecular flexibility index (Phi) is 3.19. The van der Waals surface area contributed by atoms with Gasteiger partial charge in [0.05, 0.1) is 19.2 Å². The summed E-state index contributed by atoms with van der Waals surface area (Å²) < 4.78 is 4.50. The molecule has 14 heavy (non-hydrogen) atoms. The summed E-state index contributed by atoms with van der Waals surface area (Å²) >= 11 is 0. The van der Waals surface area contributed by atoms with Gasteiger partial charge in [0, 0.05) is 0 Å². The fraction of sp³-hybridized carbons (Fsp3) is 0.300. The van der Waals surface area contributed by atoms with E-state index in [-0.39, 0.29) is 12.4 Å². The summed E-state index contributed by atoms with van der Waals surface area (Å²) in [5, 5.41) is 8.71. The van der Waals surface area contributed by atoms with E-state index in [0.717, 1.165) is 5.56 Å². The van der Waals surface area contributed by atoms with Gasteiger partial charge in [0.15, 0.2) is 0 Å². The second-order valence-electron chi connectivity index (χ2n) is 2.83. The highest BCUT2D eigenvalue weighted by molar-refractivity contribution is 5.71. The zero-order valence-electron chi connectivity index (χ0n) is 8.07. The molecule has 0 unspecified atom stereocenters. The molecule has 72 valence electrons. The monoisotopic (exact) mass is 190 g/mol. The minimum Gasteiger partial charge on any atom is -0.469 e. The number of rotatable bonds is 2. The van der Waals surface area contributed by atoms with Crippen molar-refractivity contribution in [2.24, 2.45) is 0 Å². The van der Waals surface area contributed by atoms with Crippen LogP contribution in [0.2, 0.25) is 0 Å². The minimum atomic E-state index is -0.356. The second-order valence-corrected chi connectivity index (χ2v) is 2.83. The zero-order chi connectivity index (χ0) is 10.6. The van der Waals surface area contributed by atoms with Gasteiger partial charge in [0.1, 0.15) is 11.8 Å². The van der Waals surface area contributed by atoms with E-state index in [9.17, 15) is 4.79 Å². The number of methoxy groups -OCH3 is 1. The van der Waals surface area contributed by atoms with Gasteiger partial charge in [-0.15, -0.1) is 0 Å². The van der Waals surface area contributed by atoms with Crippen molar-refractivity contribution in [1.29, 1.82) is 5.26 Å². The fourth-order valence-electron chi connectivity index (χ4n) is 1.00. The first-order valence-corrected chi connectivity index (χ1v) is 4.11. The summed E-state index contributed by atoms with van der Waals surface area (Å²) in [6.07, 6.45) is 0.103. The fourth-order valence-corrected chi connectivity index (χ4v) is 1.00. The third-order valence-electron chi connectivity index (χ3n) is 1.81. The highest BCUT2D eigenvalue weighted by Gasteiger charge is 2.06. The van der Waals surface area contributed by atoms with Crippen molar-refractivity contribution < 1.29 is 9.53 Å². The lowest BCUT2D eigenvalue weighted by Gasteiger charge is -2.01. The van der Waals surface area contributed by atoms with E-state index < -0.39 is 0 Å². The van der Waals surface area contributed by atoms with E-state index in [1.54, 1.807) is 19.1 Å². The topological polar surface area (TPSA) is 63.0 Å². The Bertz CT molecular complexity index is 394. The number of hydrogen-bond donors (Lipinski definition) is 0. The van der Waals surface area contributed by atoms with Crippen LogP contribution in [0.15, 0.2) is 12.1 Å². The molecule has 0 spiro atoms. The Morgan fingerprint density at radius 2 is 2.36 bits per heavy atom. The van der Waals surface area contributed by atoms with Crippen molar-refractivity contribution in [2.75, 3.05) is 7.11 Å². The lowest BCUT2D eigenvalue weighted by Crippen LogP contribution is -2.07. The van der Waals surface area contributed by atoms with E-state index in [1.807, 2.05) is 6.07 Å². The third kappa shape index (κ3) is 2.30. The van der Waals surface area contributed by atoms with Crippen LogP contribution in [-0.2, 0) is 16.0 Å². The Morgan fingerprint density at radius 3 is 2.93 bits per heavy atom. The van der Waals surface area contributed by atoms with Crippen molar-refractivity contribution in [3.63, 3.8) is 0 Å². The highest BCUT2D eigenvalue weighted by Crippen LogP contribution is 2.06. The maximum absolute atomic E-state index is 10.9. The number of esters is 1. The average Bonchev–Trinajstić information content (AvgIpc) is 2.20. The Morgan fingerprint density at radius 1 is 1.64 bits per heavy atom. The van der Waals surface area contributed by atoms with Crippen molar-refractivity contribution >= 4 is 5.97 Å². The van der Waals surface area contributed by atoms with Crippen molar-refractivity contribution in [3.8, 4) is 6.07 Å². The molecule has 0 aliphatic rings. The first-order valence-electron chi connectivity index (χ1n) is 4.11. The number of aryl methyl sites for hydroxylation is 1. The number of aromatic nitrogens is 1. The van der Waals surface area contributed by atoms with E-state index >= 15 is 0 Å². The second kappa shape index (κ2) is 4.38. The predicted octanol–water partition coefficient (Wildman–Crippen LogP) is 0.977. The zero-order valence-corrected chi connectivity index (χ0v) is 8.07. The van der Waals surface area contributed by atoms with Gasteiger partial charge in [-0.2, -0.15) is 5.26 Å². The molecule has 0 amide bonds. The molecule has 1 aromatic rings. The highest BCUT2D eigenvalue weighted by atomic mass is 16.5. The lowest BCUT2D eigenvalue weighted by atomic mass is 10.2. The molecule has 0 aliphatic heterocycles. The van der Waals surface area contributed by atoms with E-state index in [1.165, 1.54) is 7.11 Å². The maximum atomic E-state index is 10.9. The van der Waals surface area contributed by atoms with Crippen LogP contribution in [-0.4, -0.2) is 18.1 Å². The quantitative estimate of drug-likeness (QED) is 0.652. The minimum absolute atomic E-state index is 0.103. The van der Waals surface area contributed by atoms with Crippen LogP contribution in [0.1, 0.15) is 17.0 Å². The maximum Gasteiger partial charge on any atom is 0.311 e. The number of carbonyl (C=O) groups excluding carboxylic acids is 1. The first-order chi connectivity index (χ1) is 6.67. The van der Waals surface area contributed by atoms with Gasteiger partial charge in [-0.25, -0.2) is 4.98 Å². The number of pyridine rings is 1. The van der Waals surface area contributed by atoms with E-state index in [2.05, 4.69) is 9.72 Å². The Hall–Kier alpha value is -1.89. The molecular weight excluding hydrogens is 180 g/mol. The molecule has 0 fully saturated rings. The van der Waals surface area contributed by atoms with Crippen LogP contribution in [0.5, 0.6) is 0 Å². The van der Waals surface area contributed by atoms with Crippen LogP contribution in [0.25, 0.3) is 0 Å². The van der Waals surface area contributed by atoms with Gasteiger partial charge in [-0.3, -0.25) is 4.79 Å². The number of nitrogens with zero attached hydrogens (tertiary/aromatic N) is 2. The van der Waals surface area contributed by atoms with Crippen molar-refractivity contribution in [1.82, 2.24) is 4.98 Å². The number of nitriles is 1. The van der Waals surface area contributed by atoms with Crippen LogP contribution in [0.3, 0.4) is 0 Å². The molecule has 0 N–H and O–H groups in total. The van der Waals surface area contributed by atoms with Crippen LogP contribution in [0, 0.1) is 18.3 Å². The first kappa shape index (κ1) is 10.2. The molecule has 0 saturated heterocycles. The summed E-state index contributed by atoms with van der Waals surface area (Å²) in [4.78, 5) is 14.9. The van der Waals surface area contributed by atoms with Gasteiger partial charge in [0.25, 0.3) is 0 Å². The number of ether oxygens (including phenoxy) is 1. The smallest absolute Gasteiger partial charge is 0.311 e. The summed E-state index contributed by atoms with van der Waals surface area (Å²) in [6.45, 7) is 1.80. The molecule has 0 radical (unpaired) electrons. The van der Waals surface area contributed by atoms with Gasteiger partial charge in [0.2, 0.25) is 0 Å². The molecule has 1 heterocycles. The van der Waals surface area contributed by atoms with Crippen molar-refractivity contribution in [2.45, 2.75) is 13.3 Å². The summed E-state index contributed by atoms with van der Waals surface area (Å²) in [5.41, 5.74) is 1.71. The normalized spacial score (nSPS) is 9.21. The van der Waals surface area contributed by atoms with E-state index in [4.69, 9.17) is 5.26 Å². The molecule has 4 nitrogen and oxygen atoms in total. The van der Waals surface area contributed by atoms with Gasteiger partial charge >= 0.3 is 5.97 Å².